The molecule has 0 atom stereocenters. The molecule has 4 N–H and O–H groups in total. The van der Waals surface area contributed by atoms with E-state index in [0.717, 1.165) is 19.7 Å². The summed E-state index contributed by atoms with van der Waals surface area (Å²) in [5, 5.41) is 38.2. The second-order valence-corrected chi connectivity index (χ2v) is 8.42. The quantitative estimate of drug-likeness (QED) is 0.185. The number of nitrogens with one attached hydrogen (secondary N) is 2. The standard InChI is InChI=1S/C22H16Br2N6O2/c23-15-5-7-19(31)13(9-15)11-25-27-21-17-3-1-2-4-18(17)22(30-29-21)28-26-12-14-10-16(24)6-8-20(14)32/h1-12,31-32H,(H,27,29)(H,28,30)/b25-11+,26-12+. The lowest BCUT2D eigenvalue weighted by Crippen LogP contribution is -2.01. The van der Waals surface area contributed by atoms with E-state index in [1.165, 1.54) is 12.4 Å². The van der Waals surface area contributed by atoms with Gasteiger partial charge in [0, 0.05) is 30.8 Å². The summed E-state index contributed by atoms with van der Waals surface area (Å²) in [5.74, 6) is 1.13. The van der Waals surface area contributed by atoms with E-state index >= 15 is 0 Å². The fraction of sp³-hybridized carbons (Fsp3) is 0. The van der Waals surface area contributed by atoms with Gasteiger partial charge in [0.05, 0.1) is 12.4 Å². The molecular formula is C22H16Br2N6O2. The molecule has 32 heavy (non-hydrogen) atoms. The van der Waals surface area contributed by atoms with Crippen LogP contribution in [-0.4, -0.2) is 32.8 Å². The van der Waals surface area contributed by atoms with Gasteiger partial charge in [-0.25, -0.2) is 0 Å². The molecular weight excluding hydrogens is 540 g/mol. The molecule has 4 rings (SSSR count). The van der Waals surface area contributed by atoms with E-state index < -0.39 is 0 Å². The number of rotatable bonds is 6. The van der Waals surface area contributed by atoms with Crippen LogP contribution in [0.15, 0.2) is 79.8 Å². The summed E-state index contributed by atoms with van der Waals surface area (Å²) in [6.07, 6.45) is 2.99. The van der Waals surface area contributed by atoms with Crippen molar-refractivity contribution >= 4 is 66.7 Å². The van der Waals surface area contributed by atoms with Gasteiger partial charge in [0.2, 0.25) is 0 Å². The van der Waals surface area contributed by atoms with Crippen LogP contribution >= 0.6 is 31.9 Å². The van der Waals surface area contributed by atoms with Crippen LogP contribution < -0.4 is 10.9 Å². The molecule has 0 saturated carbocycles. The zero-order chi connectivity index (χ0) is 22.5. The molecule has 0 aliphatic rings. The lowest BCUT2D eigenvalue weighted by atomic mass is 10.2. The van der Waals surface area contributed by atoms with Crippen LogP contribution in [0.2, 0.25) is 0 Å². The Labute approximate surface area is 200 Å². The van der Waals surface area contributed by atoms with Gasteiger partial charge in [-0.2, -0.15) is 10.2 Å². The van der Waals surface area contributed by atoms with E-state index in [2.05, 4.69) is 63.1 Å². The molecule has 0 aliphatic carbocycles. The summed E-state index contributed by atoms with van der Waals surface area (Å²) >= 11 is 6.73. The number of nitrogens with zero attached hydrogens (tertiary/aromatic N) is 4. The number of phenolic OH excluding ortho intramolecular Hbond substituents is 2. The fourth-order valence-corrected chi connectivity index (χ4v) is 3.61. The minimum absolute atomic E-state index is 0.114. The lowest BCUT2D eigenvalue weighted by molar-refractivity contribution is 0.474. The van der Waals surface area contributed by atoms with E-state index in [1.807, 2.05) is 24.3 Å². The van der Waals surface area contributed by atoms with Crippen LogP contribution in [0, 0.1) is 0 Å². The van der Waals surface area contributed by atoms with Crippen molar-refractivity contribution in [3.05, 3.63) is 80.7 Å². The van der Waals surface area contributed by atoms with Crippen LogP contribution in [0.25, 0.3) is 10.8 Å². The Kier molecular flexibility index (Phi) is 6.62. The molecule has 4 aromatic rings. The van der Waals surface area contributed by atoms with Crippen molar-refractivity contribution in [2.24, 2.45) is 10.2 Å². The Morgan fingerprint density at radius 3 is 1.56 bits per heavy atom. The fourth-order valence-electron chi connectivity index (χ4n) is 2.85. The minimum Gasteiger partial charge on any atom is -0.507 e. The van der Waals surface area contributed by atoms with E-state index in [-0.39, 0.29) is 11.5 Å². The number of fused-ring (bicyclic) bond motifs is 1. The Hall–Kier alpha value is -3.50. The Morgan fingerprint density at radius 2 is 1.12 bits per heavy atom. The number of hydrogen-bond donors (Lipinski definition) is 4. The Balaban J connectivity index is 1.56. The molecule has 3 aromatic carbocycles. The smallest absolute Gasteiger partial charge is 0.176 e. The number of benzene rings is 3. The first-order valence-electron chi connectivity index (χ1n) is 9.32. The highest BCUT2D eigenvalue weighted by molar-refractivity contribution is 9.10. The van der Waals surface area contributed by atoms with Gasteiger partial charge in [-0.1, -0.05) is 56.1 Å². The van der Waals surface area contributed by atoms with E-state index in [1.54, 1.807) is 36.4 Å². The van der Waals surface area contributed by atoms with Gasteiger partial charge in [-0.05, 0) is 36.4 Å². The monoisotopic (exact) mass is 554 g/mol. The first-order valence-corrected chi connectivity index (χ1v) is 10.9. The van der Waals surface area contributed by atoms with Crippen LogP contribution in [0.1, 0.15) is 11.1 Å². The summed E-state index contributed by atoms with van der Waals surface area (Å²) in [6, 6.07) is 17.7. The van der Waals surface area contributed by atoms with E-state index in [4.69, 9.17) is 0 Å². The number of halogens is 2. The largest absolute Gasteiger partial charge is 0.507 e. The van der Waals surface area contributed by atoms with Crippen molar-refractivity contribution in [3.63, 3.8) is 0 Å². The van der Waals surface area contributed by atoms with Gasteiger partial charge in [-0.3, -0.25) is 10.9 Å². The molecule has 8 nitrogen and oxygen atoms in total. The maximum Gasteiger partial charge on any atom is 0.176 e. The van der Waals surface area contributed by atoms with Crippen LogP contribution in [-0.2, 0) is 0 Å². The molecule has 0 radical (unpaired) electrons. The Morgan fingerprint density at radius 1 is 0.688 bits per heavy atom. The van der Waals surface area contributed by atoms with Crippen LogP contribution in [0.5, 0.6) is 11.5 Å². The normalized spacial score (nSPS) is 11.4. The SMILES string of the molecule is Oc1ccc(Br)cc1/C=N/Nc1nnc(N/N=C/c2cc(Br)ccc2O)c2ccccc12. The van der Waals surface area contributed by atoms with Gasteiger partial charge in [0.25, 0.3) is 0 Å². The molecule has 0 unspecified atom stereocenters. The number of hydrazone groups is 2. The molecule has 10 heteroatoms. The average Bonchev–Trinajstić information content (AvgIpc) is 2.79. The Bertz CT molecular complexity index is 1240. The molecule has 1 heterocycles. The molecule has 0 aliphatic heterocycles. The van der Waals surface area contributed by atoms with Crippen molar-refractivity contribution < 1.29 is 10.2 Å². The van der Waals surface area contributed by atoms with Crippen molar-refractivity contribution in [2.45, 2.75) is 0 Å². The van der Waals surface area contributed by atoms with Gasteiger partial charge >= 0.3 is 0 Å². The molecule has 1 aromatic heterocycles. The van der Waals surface area contributed by atoms with Gasteiger partial charge < -0.3 is 10.2 Å². The topological polar surface area (TPSA) is 115 Å². The zero-order valence-corrected chi connectivity index (χ0v) is 19.5. The van der Waals surface area contributed by atoms with Gasteiger partial charge in [0.15, 0.2) is 11.6 Å². The molecule has 0 spiro atoms. The molecule has 0 bridgehead atoms. The molecule has 0 saturated heterocycles. The summed E-state index contributed by atoms with van der Waals surface area (Å²) in [4.78, 5) is 0. The molecule has 160 valence electrons. The molecule has 0 fully saturated rings. The van der Waals surface area contributed by atoms with Gasteiger partial charge in [0.1, 0.15) is 11.5 Å². The first-order chi connectivity index (χ1) is 15.5. The summed E-state index contributed by atoms with van der Waals surface area (Å²) in [7, 11) is 0. The second kappa shape index (κ2) is 9.75. The predicted molar refractivity (Wildman–Crippen MR) is 134 cm³/mol. The third-order valence-electron chi connectivity index (χ3n) is 4.41. The van der Waals surface area contributed by atoms with E-state index in [9.17, 15) is 10.2 Å². The first kappa shape index (κ1) is 21.7. The highest BCUT2D eigenvalue weighted by atomic mass is 79.9. The summed E-state index contributed by atoms with van der Waals surface area (Å²) in [6.45, 7) is 0. The maximum absolute atomic E-state index is 9.93. The number of hydrogen-bond acceptors (Lipinski definition) is 8. The van der Waals surface area contributed by atoms with E-state index in [0.29, 0.717) is 22.8 Å². The lowest BCUT2D eigenvalue weighted by Gasteiger charge is -2.08. The zero-order valence-electron chi connectivity index (χ0n) is 16.4. The summed E-state index contributed by atoms with van der Waals surface area (Å²) in [5.41, 5.74) is 6.84. The number of anilines is 2. The predicted octanol–water partition coefficient (Wildman–Crippen LogP) is 5.46. The van der Waals surface area contributed by atoms with Crippen LogP contribution in [0.3, 0.4) is 0 Å². The van der Waals surface area contributed by atoms with Crippen molar-refractivity contribution in [2.75, 3.05) is 10.9 Å². The average molecular weight is 556 g/mol. The highest BCUT2D eigenvalue weighted by Gasteiger charge is 2.08. The summed E-state index contributed by atoms with van der Waals surface area (Å²) < 4.78 is 1.66. The van der Waals surface area contributed by atoms with Crippen LogP contribution in [0.4, 0.5) is 11.6 Å². The van der Waals surface area contributed by atoms with Crippen molar-refractivity contribution in [1.29, 1.82) is 0 Å². The number of aromatic nitrogens is 2. The van der Waals surface area contributed by atoms with Crippen molar-refractivity contribution in [1.82, 2.24) is 10.2 Å². The third kappa shape index (κ3) is 5.04. The second-order valence-electron chi connectivity index (χ2n) is 6.59. The van der Waals surface area contributed by atoms with Gasteiger partial charge in [-0.15, -0.1) is 10.2 Å². The highest BCUT2D eigenvalue weighted by Crippen LogP contribution is 2.26. The molecule has 0 amide bonds. The third-order valence-corrected chi connectivity index (χ3v) is 5.40. The number of phenols is 2. The number of aromatic hydroxyl groups is 2. The minimum atomic E-state index is 0.114. The van der Waals surface area contributed by atoms with Crippen molar-refractivity contribution in [3.8, 4) is 11.5 Å². The maximum atomic E-state index is 9.93.